The van der Waals surface area contributed by atoms with E-state index >= 15 is 0 Å². The van der Waals surface area contributed by atoms with Crippen LogP contribution in [0.5, 0.6) is 0 Å². The monoisotopic (exact) mass is 206 g/mol. The van der Waals surface area contributed by atoms with Gasteiger partial charge in [0.25, 0.3) is 0 Å². The van der Waals surface area contributed by atoms with Crippen LogP contribution in [-0.2, 0) is 9.37 Å². The van der Waals surface area contributed by atoms with Gasteiger partial charge in [0.15, 0.2) is 0 Å². The van der Waals surface area contributed by atoms with E-state index in [2.05, 4.69) is 14.7 Å². The van der Waals surface area contributed by atoms with Crippen LogP contribution in [0.3, 0.4) is 0 Å². The van der Waals surface area contributed by atoms with Crippen LogP contribution in [0.15, 0.2) is 0 Å². The topological polar surface area (TPSA) is 53.5 Å². The summed E-state index contributed by atoms with van der Waals surface area (Å²) in [5.74, 6) is 0.749. The molecule has 4 nitrogen and oxygen atoms in total. The summed E-state index contributed by atoms with van der Waals surface area (Å²) < 4.78 is 4.14. The second-order valence-corrected chi connectivity index (χ2v) is 4.03. The molecule has 1 saturated carbocycles. The van der Waals surface area contributed by atoms with Crippen LogP contribution in [0.25, 0.3) is 0 Å². The van der Waals surface area contributed by atoms with Crippen molar-refractivity contribution in [3.63, 3.8) is 0 Å². The van der Waals surface area contributed by atoms with Crippen LogP contribution in [0.1, 0.15) is 32.1 Å². The van der Waals surface area contributed by atoms with Crippen molar-refractivity contribution in [3.05, 3.63) is 0 Å². The van der Waals surface area contributed by atoms with Crippen molar-refractivity contribution in [2.75, 3.05) is 12.3 Å². The Labute approximate surface area is 83.0 Å². The third-order valence-corrected chi connectivity index (χ3v) is 2.82. The van der Waals surface area contributed by atoms with Crippen LogP contribution in [0.4, 0.5) is 0 Å². The molecule has 0 aromatic carbocycles. The van der Waals surface area contributed by atoms with Gasteiger partial charge in [0.2, 0.25) is 0 Å². The van der Waals surface area contributed by atoms with Gasteiger partial charge < -0.3 is 10.6 Å². The first-order chi connectivity index (χ1) is 6.43. The number of hydrogen-bond acceptors (Lipinski definition) is 5. The second-order valence-electron chi connectivity index (χ2n) is 3.25. The van der Waals surface area contributed by atoms with Crippen LogP contribution in [-0.4, -0.2) is 18.3 Å². The fourth-order valence-electron chi connectivity index (χ4n) is 1.67. The molecule has 0 amide bonds. The van der Waals surface area contributed by atoms with E-state index in [1.807, 2.05) is 0 Å². The van der Waals surface area contributed by atoms with Gasteiger partial charge in [-0.15, -0.1) is 0 Å². The van der Waals surface area contributed by atoms with Gasteiger partial charge in [0.05, 0.1) is 0 Å². The molecular formula is C8H16NO3S-. The smallest absolute Gasteiger partial charge is 0.0354 e. The van der Waals surface area contributed by atoms with Gasteiger partial charge in [-0.3, -0.25) is 5.04 Å². The van der Waals surface area contributed by atoms with Crippen molar-refractivity contribution in [3.8, 4) is 0 Å². The predicted molar refractivity (Wildman–Crippen MR) is 49.5 cm³/mol. The summed E-state index contributed by atoms with van der Waals surface area (Å²) in [6, 6.07) is 0.669. The van der Waals surface area contributed by atoms with Gasteiger partial charge in [-0.25, -0.2) is 0 Å². The van der Waals surface area contributed by atoms with Crippen LogP contribution < -0.4 is 10.6 Å². The zero-order valence-corrected chi connectivity index (χ0v) is 8.48. The molecule has 0 radical (unpaired) electrons. The summed E-state index contributed by atoms with van der Waals surface area (Å²) in [5, 5.41) is 16.1. The van der Waals surface area contributed by atoms with Gasteiger partial charge in [0, 0.05) is 30.4 Å². The molecule has 0 bridgehead atoms. The summed E-state index contributed by atoms with van der Waals surface area (Å²) in [6.45, 7) is 0.874. The molecule has 1 N–H and O–H groups in total. The Bertz CT molecular complexity index is 120. The highest BCUT2D eigenvalue weighted by Crippen LogP contribution is 2.17. The van der Waals surface area contributed by atoms with Gasteiger partial charge in [-0.1, -0.05) is 19.3 Å². The largest absolute Gasteiger partial charge is 0.691 e. The van der Waals surface area contributed by atoms with Crippen molar-refractivity contribution in [2.24, 2.45) is 0 Å². The average molecular weight is 206 g/mol. The summed E-state index contributed by atoms with van der Waals surface area (Å²) in [5.41, 5.74) is 0. The van der Waals surface area contributed by atoms with Crippen molar-refractivity contribution in [2.45, 2.75) is 38.1 Å². The quantitative estimate of drug-likeness (QED) is 0.301. The molecule has 0 spiro atoms. The molecule has 0 unspecified atom stereocenters. The van der Waals surface area contributed by atoms with E-state index in [1.165, 1.54) is 32.1 Å². The molecule has 1 rings (SSSR count). The molecule has 0 atom stereocenters. The minimum Gasteiger partial charge on any atom is -0.691 e. The lowest BCUT2D eigenvalue weighted by Crippen LogP contribution is -2.32. The first-order valence-electron chi connectivity index (χ1n) is 4.75. The molecule has 0 aromatic rings. The summed E-state index contributed by atoms with van der Waals surface area (Å²) in [7, 11) is 0. The minimum absolute atomic E-state index is 0.669. The lowest BCUT2D eigenvalue weighted by Gasteiger charge is -2.22. The van der Waals surface area contributed by atoms with E-state index in [-0.39, 0.29) is 0 Å². The van der Waals surface area contributed by atoms with Crippen molar-refractivity contribution >= 4 is 12.0 Å². The fraction of sp³-hybridized carbons (Fsp3) is 1.00. The SMILES string of the molecule is [O-]OOSCCNC1CCCCC1. The van der Waals surface area contributed by atoms with Crippen LogP contribution in [0, 0.1) is 0 Å². The first kappa shape index (κ1) is 11.3. The maximum atomic E-state index is 9.43. The maximum Gasteiger partial charge on any atom is 0.0354 e. The highest BCUT2D eigenvalue weighted by atomic mass is 32.2. The molecular weight excluding hydrogens is 190 g/mol. The average Bonchev–Trinajstić information content (AvgIpc) is 2.19. The highest BCUT2D eigenvalue weighted by Gasteiger charge is 2.11. The highest BCUT2D eigenvalue weighted by molar-refractivity contribution is 7.94. The van der Waals surface area contributed by atoms with Gasteiger partial charge in [-0.2, -0.15) is 4.33 Å². The van der Waals surface area contributed by atoms with Crippen molar-refractivity contribution < 1.29 is 14.6 Å². The Balaban J connectivity index is 1.86. The molecule has 1 aliphatic carbocycles. The number of hydrogen-bond donors (Lipinski definition) is 1. The molecule has 13 heavy (non-hydrogen) atoms. The third kappa shape index (κ3) is 5.49. The Morgan fingerprint density at radius 2 is 2.08 bits per heavy atom. The summed E-state index contributed by atoms with van der Waals surface area (Å²) in [6.07, 6.45) is 6.61. The molecule has 1 aliphatic rings. The van der Waals surface area contributed by atoms with Gasteiger partial charge in [-0.05, 0) is 12.8 Å². The maximum absolute atomic E-state index is 9.43. The zero-order valence-electron chi connectivity index (χ0n) is 7.66. The van der Waals surface area contributed by atoms with E-state index < -0.39 is 0 Å². The third-order valence-electron chi connectivity index (χ3n) is 2.30. The molecule has 0 aliphatic heterocycles. The lowest BCUT2D eigenvalue weighted by atomic mass is 9.96. The molecule has 5 heteroatoms. The van der Waals surface area contributed by atoms with E-state index in [1.54, 1.807) is 0 Å². The number of nitrogens with one attached hydrogen (secondary N) is 1. The Hall–Kier alpha value is 0.190. The molecule has 0 heterocycles. The molecule has 78 valence electrons. The summed E-state index contributed by atoms with van der Waals surface area (Å²) in [4.78, 5) is 0. The first-order valence-corrected chi connectivity index (χ1v) is 5.66. The Morgan fingerprint density at radius 1 is 1.31 bits per heavy atom. The van der Waals surface area contributed by atoms with Crippen molar-refractivity contribution in [1.29, 1.82) is 0 Å². The van der Waals surface area contributed by atoms with Crippen LogP contribution >= 0.6 is 12.0 Å². The molecule has 0 aromatic heterocycles. The lowest BCUT2D eigenvalue weighted by molar-refractivity contribution is -0.777. The summed E-state index contributed by atoms with van der Waals surface area (Å²) >= 11 is 1.04. The Kier molecular flexibility index (Phi) is 6.57. The van der Waals surface area contributed by atoms with E-state index in [9.17, 15) is 5.26 Å². The van der Waals surface area contributed by atoms with Gasteiger partial charge >= 0.3 is 0 Å². The van der Waals surface area contributed by atoms with Gasteiger partial charge in [0.1, 0.15) is 0 Å². The molecule has 0 saturated heterocycles. The van der Waals surface area contributed by atoms with E-state index in [4.69, 9.17) is 0 Å². The minimum atomic E-state index is 0.669. The Morgan fingerprint density at radius 3 is 2.77 bits per heavy atom. The van der Waals surface area contributed by atoms with Crippen molar-refractivity contribution in [1.82, 2.24) is 5.32 Å². The predicted octanol–water partition coefficient (Wildman–Crippen LogP) is 0.780. The fourth-order valence-corrected chi connectivity index (χ4v) is 1.97. The van der Waals surface area contributed by atoms with Crippen LogP contribution in [0.2, 0.25) is 0 Å². The standard InChI is InChI=1S/C8H17NO3S/c10-11-12-13-7-6-9-8-4-2-1-3-5-8/h8-10H,1-7H2/p-1. The van der Waals surface area contributed by atoms with E-state index in [0.29, 0.717) is 6.04 Å². The number of rotatable bonds is 6. The molecule has 1 fully saturated rings. The normalized spacial score (nSPS) is 19.2. The second kappa shape index (κ2) is 7.58. The zero-order chi connectivity index (χ0) is 9.36. The van der Waals surface area contributed by atoms with E-state index in [0.717, 1.165) is 24.3 Å².